The minimum absolute atomic E-state index is 0.246. The first-order valence-electron chi connectivity index (χ1n) is 16.5. The van der Waals surface area contributed by atoms with E-state index in [2.05, 4.69) is 136 Å². The molecule has 0 saturated heterocycles. The topological polar surface area (TPSA) is 9.34 Å². The molecular weight excluding hydrogens is 701 g/mol. The summed E-state index contributed by atoms with van der Waals surface area (Å²) in [6.07, 6.45) is 5.12. The Kier molecular flexibility index (Phi) is 4.36. The number of para-hydroxylation sites is 4. The second-order valence-electron chi connectivity index (χ2n) is 13.5. The van der Waals surface area contributed by atoms with Crippen molar-refractivity contribution in [2.75, 3.05) is 0 Å². The van der Waals surface area contributed by atoms with Crippen LogP contribution in [0.3, 0.4) is 0 Å². The maximum absolute atomic E-state index is 2.66. The molecule has 0 bridgehead atoms. The second-order valence-corrected chi connectivity index (χ2v) is 18.0. The molecule has 13 rings (SSSR count). The number of hydrogen-bond donors (Lipinski definition) is 0. The van der Waals surface area contributed by atoms with Gasteiger partial charge in [0.05, 0.1) is 0 Å². The van der Waals surface area contributed by atoms with Gasteiger partial charge in [-0.1, -0.05) is 0 Å². The summed E-state index contributed by atoms with van der Waals surface area (Å²) in [6.45, 7) is 0.298. The molecule has 0 radical (unpaired) electrons. The van der Waals surface area contributed by atoms with E-state index in [0.29, 0.717) is 33.6 Å². The molecule has 0 fully saturated rings. The van der Waals surface area contributed by atoms with E-state index < -0.39 is 0 Å². The van der Waals surface area contributed by atoms with Crippen LogP contribution in [0.4, 0.5) is 0 Å². The van der Waals surface area contributed by atoms with Gasteiger partial charge >= 0.3 is 285 Å². The second kappa shape index (κ2) is 8.31. The van der Waals surface area contributed by atoms with Crippen molar-refractivity contribution in [1.29, 1.82) is 0 Å². The number of nitrogens with zero attached hydrogens (tertiary/aromatic N) is 2. The average Bonchev–Trinajstić information content (AvgIpc) is 3.85. The third-order valence-corrected chi connectivity index (χ3v) is 16.8. The van der Waals surface area contributed by atoms with Gasteiger partial charge in [-0.2, -0.15) is 0 Å². The predicted molar refractivity (Wildman–Crippen MR) is 200 cm³/mol. The van der Waals surface area contributed by atoms with E-state index >= 15 is 0 Å². The van der Waals surface area contributed by atoms with Crippen LogP contribution in [-0.4, -0.2) is 45.6 Å². The van der Waals surface area contributed by atoms with E-state index in [1.54, 1.807) is 34.3 Å². The molecule has 3 aliphatic heterocycles. The molecule has 0 spiro atoms. The van der Waals surface area contributed by atoms with Gasteiger partial charge in [-0.15, -0.1) is 0 Å². The van der Waals surface area contributed by atoms with Crippen LogP contribution in [0, 0.1) is 0 Å². The quantitative estimate of drug-likeness (QED) is 0.181. The van der Waals surface area contributed by atoms with Gasteiger partial charge in [-0.05, 0) is 0 Å². The Bertz CT molecular complexity index is 3000. The fourth-order valence-electron chi connectivity index (χ4n) is 9.83. The molecule has 3 aromatic heterocycles. The zero-order chi connectivity index (χ0) is 30.1. The first-order chi connectivity index (χ1) is 23.3. The molecule has 0 N–H and O–H groups in total. The van der Waals surface area contributed by atoms with Crippen LogP contribution in [0.25, 0.3) is 59.9 Å². The molecule has 0 saturated carbocycles. The Morgan fingerprint density at radius 3 is 2.17 bits per heavy atom. The van der Waals surface area contributed by atoms with E-state index in [9.17, 15) is 0 Å². The van der Waals surface area contributed by atoms with Crippen LogP contribution < -0.4 is 24.3 Å². The van der Waals surface area contributed by atoms with Gasteiger partial charge in [-0.3, -0.25) is 0 Å². The Balaban J connectivity index is 1.10. The van der Waals surface area contributed by atoms with Gasteiger partial charge in [0.25, 0.3) is 0 Å². The monoisotopic (exact) mass is 726 g/mol. The van der Waals surface area contributed by atoms with E-state index in [0.717, 1.165) is 0 Å². The molecule has 2 nitrogen and oxygen atoms in total. The summed E-state index contributed by atoms with van der Waals surface area (Å²) in [7, 11) is 0. The Hall–Kier alpha value is -4.50. The van der Waals surface area contributed by atoms with Crippen molar-refractivity contribution in [3.63, 3.8) is 0 Å². The summed E-state index contributed by atoms with van der Waals surface area (Å²) in [5, 5.41) is 8.39. The van der Waals surface area contributed by atoms with Crippen LogP contribution in [0.2, 0.25) is 0 Å². The first-order valence-corrected chi connectivity index (χ1v) is 19.9. The molecule has 47 heavy (non-hydrogen) atoms. The molecule has 216 valence electrons. The summed E-state index contributed by atoms with van der Waals surface area (Å²) < 4.78 is 11.7. The molecule has 1 aliphatic carbocycles. The summed E-state index contributed by atoms with van der Waals surface area (Å²) in [5.41, 5.74) is 13.2. The number of hydrogen-bond acceptors (Lipinski definition) is 0. The third-order valence-electron chi connectivity index (χ3n) is 11.5. The van der Waals surface area contributed by atoms with Crippen molar-refractivity contribution in [3.05, 3.63) is 143 Å². The standard InChI is InChI=1S/C42H23BN2Se2/c1-3-14-30-22(8-1)24-10-5-12-26-36-32(44(30)39(24)26)20-18-28-41(36)46-34-16-7-17-35-38(34)43(28)29-19-21-33-37(42(29)47-35)27-13-6-11-25-23-9-2-4-15-31(23)45(33)40(25)27/h1-21,32,36H. The van der Waals surface area contributed by atoms with E-state index in [-0.39, 0.29) is 15.0 Å². The summed E-state index contributed by atoms with van der Waals surface area (Å²) in [6, 6.07) is 44.6. The summed E-state index contributed by atoms with van der Waals surface area (Å²) in [4.78, 5) is 0. The van der Waals surface area contributed by atoms with Crippen molar-refractivity contribution in [2.24, 2.45) is 0 Å². The Labute approximate surface area is 283 Å². The number of rotatable bonds is 0. The van der Waals surface area contributed by atoms with Crippen molar-refractivity contribution in [1.82, 2.24) is 8.97 Å². The molecule has 9 aromatic rings. The molecular formula is C42H23BN2Se2. The summed E-state index contributed by atoms with van der Waals surface area (Å²) in [5.74, 6) is 0.404. The fraction of sp³-hybridized carbons (Fsp3) is 0.0476. The van der Waals surface area contributed by atoms with Gasteiger partial charge in [0.2, 0.25) is 0 Å². The van der Waals surface area contributed by atoms with Crippen molar-refractivity contribution in [2.45, 2.75) is 12.0 Å². The molecule has 2 atom stereocenters. The van der Waals surface area contributed by atoms with E-state index in [1.807, 2.05) is 0 Å². The SMILES string of the molecule is C1=CC2C(C3=C1B1c4ccc5c(c4[Se]c4cccc(c41)[Se]3)c1cccc3c4ccccc4n5c31)c1cccc3c4ccccc4n2c13. The fourth-order valence-corrected chi connectivity index (χ4v) is 15.9. The Morgan fingerprint density at radius 2 is 1.28 bits per heavy atom. The molecule has 4 aliphatic rings. The van der Waals surface area contributed by atoms with Gasteiger partial charge in [0, 0.05) is 0 Å². The van der Waals surface area contributed by atoms with E-state index in [4.69, 9.17) is 0 Å². The van der Waals surface area contributed by atoms with E-state index in [1.165, 1.54) is 65.5 Å². The number of fused-ring (bicyclic) bond motifs is 17. The minimum atomic E-state index is 0.246. The van der Waals surface area contributed by atoms with Gasteiger partial charge < -0.3 is 0 Å². The first kappa shape index (κ1) is 24.6. The van der Waals surface area contributed by atoms with Gasteiger partial charge in [-0.25, -0.2) is 0 Å². The summed E-state index contributed by atoms with van der Waals surface area (Å²) >= 11 is 0.537. The van der Waals surface area contributed by atoms with Crippen molar-refractivity contribution >= 4 is 121 Å². The molecule has 6 aromatic carbocycles. The molecule has 5 heteroatoms. The predicted octanol–water partition coefficient (Wildman–Crippen LogP) is 5.57. The number of allylic oxidation sites excluding steroid dienone is 4. The molecule has 2 unspecified atom stereocenters. The van der Waals surface area contributed by atoms with Gasteiger partial charge in [0.15, 0.2) is 0 Å². The van der Waals surface area contributed by atoms with Crippen LogP contribution in [0.5, 0.6) is 0 Å². The Morgan fingerprint density at radius 1 is 0.574 bits per heavy atom. The molecule has 0 amide bonds. The van der Waals surface area contributed by atoms with Crippen LogP contribution in [0.1, 0.15) is 17.5 Å². The maximum atomic E-state index is 2.66. The average molecular weight is 724 g/mol. The zero-order valence-corrected chi connectivity index (χ0v) is 28.5. The van der Waals surface area contributed by atoms with Crippen molar-refractivity contribution in [3.8, 4) is 0 Å². The zero-order valence-electron chi connectivity index (χ0n) is 25.1. The van der Waals surface area contributed by atoms with Crippen molar-refractivity contribution < 1.29 is 0 Å². The molecule has 6 heterocycles. The third kappa shape index (κ3) is 2.75. The van der Waals surface area contributed by atoms with Gasteiger partial charge in [0.1, 0.15) is 0 Å². The normalized spacial score (nSPS) is 19.1. The van der Waals surface area contributed by atoms with Crippen LogP contribution >= 0.6 is 0 Å². The van der Waals surface area contributed by atoms with Crippen LogP contribution in [-0.2, 0) is 0 Å². The number of benzene rings is 6. The van der Waals surface area contributed by atoms with Crippen LogP contribution in [0.15, 0.2) is 137 Å². The number of aromatic nitrogens is 2.